The summed E-state index contributed by atoms with van der Waals surface area (Å²) in [5.74, 6) is 1.25. The third-order valence-corrected chi connectivity index (χ3v) is 3.64. The van der Waals surface area contributed by atoms with Crippen LogP contribution in [0.4, 0.5) is 0 Å². The minimum Gasteiger partial charge on any atom is -0.327 e. The van der Waals surface area contributed by atoms with Crippen molar-refractivity contribution in [2.75, 3.05) is 0 Å². The molecule has 0 amide bonds. The molecule has 96 valence electrons. The van der Waals surface area contributed by atoms with Gasteiger partial charge in [0.2, 0.25) is 0 Å². The number of hydrogen-bond acceptors (Lipinski definition) is 1. The van der Waals surface area contributed by atoms with E-state index < -0.39 is 0 Å². The summed E-state index contributed by atoms with van der Waals surface area (Å²) in [6.45, 7) is 6.81. The van der Waals surface area contributed by atoms with Crippen LogP contribution in [0.3, 0.4) is 0 Å². The van der Waals surface area contributed by atoms with Gasteiger partial charge in [-0.2, -0.15) is 0 Å². The van der Waals surface area contributed by atoms with Gasteiger partial charge in [-0.3, -0.25) is 0 Å². The number of hydrogen-bond donors (Lipinski definition) is 1. The molecule has 0 aliphatic heterocycles. The lowest BCUT2D eigenvalue weighted by Gasteiger charge is -2.25. The van der Waals surface area contributed by atoms with Gasteiger partial charge in [0.1, 0.15) is 0 Å². The van der Waals surface area contributed by atoms with Gasteiger partial charge >= 0.3 is 0 Å². The Morgan fingerprint density at radius 2 is 1.76 bits per heavy atom. The Hall–Kier alpha value is -0.820. The topological polar surface area (TPSA) is 26.0 Å². The highest BCUT2D eigenvalue weighted by Crippen LogP contribution is 2.26. The maximum atomic E-state index is 6.39. The summed E-state index contributed by atoms with van der Waals surface area (Å²) in [7, 11) is 0. The zero-order valence-electron chi connectivity index (χ0n) is 11.5. The summed E-state index contributed by atoms with van der Waals surface area (Å²) >= 11 is 0. The molecule has 0 bridgehead atoms. The second kappa shape index (κ2) is 7.50. The number of nitrogens with two attached hydrogens (primary N) is 1. The van der Waals surface area contributed by atoms with Crippen molar-refractivity contribution in [2.45, 2.75) is 58.4 Å². The largest absolute Gasteiger partial charge is 0.327 e. The lowest BCUT2D eigenvalue weighted by molar-refractivity contribution is 0.388. The Labute approximate surface area is 106 Å². The summed E-state index contributed by atoms with van der Waals surface area (Å²) in [6, 6.07) is 11.0. The van der Waals surface area contributed by atoms with Crippen molar-refractivity contribution in [3.63, 3.8) is 0 Å². The van der Waals surface area contributed by atoms with Crippen molar-refractivity contribution in [2.24, 2.45) is 11.7 Å². The van der Waals surface area contributed by atoms with Gasteiger partial charge in [-0.05, 0) is 30.2 Å². The first-order valence-corrected chi connectivity index (χ1v) is 6.99. The van der Waals surface area contributed by atoms with Crippen molar-refractivity contribution in [1.82, 2.24) is 0 Å². The molecule has 0 saturated heterocycles. The van der Waals surface area contributed by atoms with Crippen LogP contribution in [0.15, 0.2) is 30.3 Å². The van der Waals surface area contributed by atoms with Crippen molar-refractivity contribution in [3.05, 3.63) is 35.9 Å². The fourth-order valence-corrected chi connectivity index (χ4v) is 2.73. The van der Waals surface area contributed by atoms with E-state index in [1.807, 2.05) is 0 Å². The molecule has 0 spiro atoms. The lowest BCUT2D eigenvalue weighted by atomic mass is 9.84. The minimum atomic E-state index is 0.295. The highest BCUT2D eigenvalue weighted by molar-refractivity contribution is 5.21. The van der Waals surface area contributed by atoms with Crippen molar-refractivity contribution in [3.8, 4) is 0 Å². The smallest absolute Gasteiger partial charge is 0.0110 e. The third kappa shape index (κ3) is 4.51. The van der Waals surface area contributed by atoms with Gasteiger partial charge in [0.25, 0.3) is 0 Å². The van der Waals surface area contributed by atoms with Crippen molar-refractivity contribution in [1.29, 1.82) is 0 Å². The standard InChI is InChI=1S/C16H27N/c1-4-9-13(3)12-16(17)15(5-2)14-10-7-6-8-11-14/h6-8,10-11,13,15-16H,4-5,9,12,17H2,1-3H3. The molecule has 0 heterocycles. The van der Waals surface area contributed by atoms with E-state index in [1.54, 1.807) is 0 Å². The molecular weight excluding hydrogens is 206 g/mol. The van der Waals surface area contributed by atoms with E-state index in [1.165, 1.54) is 18.4 Å². The summed E-state index contributed by atoms with van der Waals surface area (Å²) in [5.41, 5.74) is 7.79. The maximum absolute atomic E-state index is 6.39. The molecule has 1 nitrogen and oxygen atoms in total. The Morgan fingerprint density at radius 3 is 2.29 bits per heavy atom. The molecule has 3 atom stereocenters. The summed E-state index contributed by atoms with van der Waals surface area (Å²) in [5, 5.41) is 0. The van der Waals surface area contributed by atoms with Crippen LogP contribution in [0.2, 0.25) is 0 Å². The molecule has 3 unspecified atom stereocenters. The van der Waals surface area contributed by atoms with E-state index in [0.717, 1.165) is 18.8 Å². The Morgan fingerprint density at radius 1 is 1.12 bits per heavy atom. The van der Waals surface area contributed by atoms with Gasteiger partial charge in [-0.15, -0.1) is 0 Å². The zero-order valence-corrected chi connectivity index (χ0v) is 11.5. The Balaban J connectivity index is 2.61. The fraction of sp³-hybridized carbons (Fsp3) is 0.625. The monoisotopic (exact) mass is 233 g/mol. The van der Waals surface area contributed by atoms with Crippen LogP contribution >= 0.6 is 0 Å². The SMILES string of the molecule is CCCC(C)CC(N)C(CC)c1ccccc1. The van der Waals surface area contributed by atoms with E-state index in [4.69, 9.17) is 5.73 Å². The fourth-order valence-electron chi connectivity index (χ4n) is 2.73. The molecule has 1 heteroatoms. The molecule has 0 saturated carbocycles. The van der Waals surface area contributed by atoms with Crippen LogP contribution < -0.4 is 5.73 Å². The third-order valence-electron chi connectivity index (χ3n) is 3.64. The molecular formula is C16H27N. The van der Waals surface area contributed by atoms with Crippen molar-refractivity contribution >= 4 is 0 Å². The van der Waals surface area contributed by atoms with Gasteiger partial charge in [0, 0.05) is 6.04 Å². The molecule has 1 aromatic carbocycles. The van der Waals surface area contributed by atoms with Gasteiger partial charge < -0.3 is 5.73 Å². The predicted molar refractivity (Wildman–Crippen MR) is 76.1 cm³/mol. The van der Waals surface area contributed by atoms with E-state index in [9.17, 15) is 0 Å². The van der Waals surface area contributed by atoms with Crippen LogP contribution in [0, 0.1) is 5.92 Å². The number of benzene rings is 1. The van der Waals surface area contributed by atoms with Gasteiger partial charge in [0.05, 0.1) is 0 Å². The second-order valence-corrected chi connectivity index (χ2v) is 5.22. The Kier molecular flexibility index (Phi) is 6.28. The highest BCUT2D eigenvalue weighted by Gasteiger charge is 2.19. The quantitative estimate of drug-likeness (QED) is 0.745. The average molecular weight is 233 g/mol. The molecule has 0 aromatic heterocycles. The molecule has 1 aromatic rings. The Bertz CT molecular complexity index is 294. The molecule has 0 radical (unpaired) electrons. The van der Waals surface area contributed by atoms with Crippen LogP contribution in [0.1, 0.15) is 57.9 Å². The second-order valence-electron chi connectivity index (χ2n) is 5.22. The zero-order chi connectivity index (χ0) is 12.7. The van der Waals surface area contributed by atoms with E-state index in [-0.39, 0.29) is 0 Å². The van der Waals surface area contributed by atoms with Crippen molar-refractivity contribution < 1.29 is 0 Å². The summed E-state index contributed by atoms with van der Waals surface area (Å²) in [4.78, 5) is 0. The molecule has 17 heavy (non-hydrogen) atoms. The van der Waals surface area contributed by atoms with Crippen LogP contribution in [-0.2, 0) is 0 Å². The van der Waals surface area contributed by atoms with Crippen LogP contribution in [0.25, 0.3) is 0 Å². The first-order valence-electron chi connectivity index (χ1n) is 6.99. The summed E-state index contributed by atoms with van der Waals surface area (Å²) < 4.78 is 0. The van der Waals surface area contributed by atoms with Crippen LogP contribution in [-0.4, -0.2) is 6.04 Å². The molecule has 1 rings (SSSR count). The lowest BCUT2D eigenvalue weighted by Crippen LogP contribution is -2.30. The average Bonchev–Trinajstić information content (AvgIpc) is 2.31. The van der Waals surface area contributed by atoms with Gasteiger partial charge in [-0.25, -0.2) is 0 Å². The highest BCUT2D eigenvalue weighted by atomic mass is 14.6. The first kappa shape index (κ1) is 14.2. The van der Waals surface area contributed by atoms with Gasteiger partial charge in [0.15, 0.2) is 0 Å². The maximum Gasteiger partial charge on any atom is 0.0110 e. The molecule has 0 aliphatic rings. The molecule has 0 fully saturated rings. The van der Waals surface area contributed by atoms with E-state index >= 15 is 0 Å². The van der Waals surface area contributed by atoms with Crippen LogP contribution in [0.5, 0.6) is 0 Å². The predicted octanol–water partition coefficient (Wildman–Crippen LogP) is 4.33. The normalized spacial score (nSPS) is 16.5. The number of rotatable bonds is 7. The van der Waals surface area contributed by atoms with E-state index in [2.05, 4.69) is 51.1 Å². The molecule has 0 aliphatic carbocycles. The first-order chi connectivity index (χ1) is 8.19. The minimum absolute atomic E-state index is 0.295. The van der Waals surface area contributed by atoms with Gasteiger partial charge in [-0.1, -0.05) is 63.9 Å². The summed E-state index contributed by atoms with van der Waals surface area (Å²) in [6.07, 6.45) is 4.82. The molecule has 2 N–H and O–H groups in total. The van der Waals surface area contributed by atoms with E-state index in [0.29, 0.717) is 12.0 Å².